The maximum atomic E-state index is 11.8. The molecule has 2 heterocycles. The van der Waals surface area contributed by atoms with Crippen molar-refractivity contribution in [1.29, 1.82) is 0 Å². The number of carbonyl (C=O) groups is 1. The van der Waals surface area contributed by atoms with Gasteiger partial charge in [-0.1, -0.05) is 6.92 Å². The van der Waals surface area contributed by atoms with E-state index in [9.17, 15) is 4.79 Å². The lowest BCUT2D eigenvalue weighted by Gasteiger charge is -2.30. The van der Waals surface area contributed by atoms with Crippen molar-refractivity contribution in [2.75, 3.05) is 39.3 Å². The van der Waals surface area contributed by atoms with Gasteiger partial charge in [0.15, 0.2) is 0 Å². The Morgan fingerprint density at radius 2 is 1.90 bits per heavy atom. The molecule has 0 aromatic carbocycles. The van der Waals surface area contributed by atoms with Crippen LogP contribution in [-0.2, 0) is 4.79 Å². The lowest BCUT2D eigenvalue weighted by molar-refractivity contribution is -0.121. The maximum Gasteiger partial charge on any atom is 0.220 e. The monoisotopic (exact) mass is 281 g/mol. The van der Waals surface area contributed by atoms with Crippen molar-refractivity contribution < 1.29 is 4.79 Å². The molecule has 1 amide bonds. The van der Waals surface area contributed by atoms with Gasteiger partial charge in [0.25, 0.3) is 0 Å². The van der Waals surface area contributed by atoms with Gasteiger partial charge in [0.2, 0.25) is 5.91 Å². The highest BCUT2D eigenvalue weighted by atomic mass is 16.1. The topological polar surface area (TPSA) is 44.4 Å². The molecule has 20 heavy (non-hydrogen) atoms. The Bertz CT molecular complexity index is 281. The predicted molar refractivity (Wildman–Crippen MR) is 82.7 cm³/mol. The number of nitrogens with zero attached hydrogens (tertiary/aromatic N) is 1. The van der Waals surface area contributed by atoms with Crippen LogP contribution in [-0.4, -0.2) is 50.1 Å². The molecule has 0 atom stereocenters. The van der Waals surface area contributed by atoms with Crippen LogP contribution in [0.2, 0.25) is 0 Å². The van der Waals surface area contributed by atoms with E-state index in [1.54, 1.807) is 0 Å². The number of likely N-dealkylation sites (tertiary alicyclic amines) is 1. The van der Waals surface area contributed by atoms with E-state index in [2.05, 4.69) is 22.5 Å². The second kappa shape index (κ2) is 8.63. The second-order valence-corrected chi connectivity index (χ2v) is 6.61. The second-order valence-electron chi connectivity index (χ2n) is 6.61. The number of hydrogen-bond donors (Lipinski definition) is 2. The fraction of sp³-hybridized carbons (Fsp3) is 0.938. The van der Waals surface area contributed by atoms with E-state index in [1.807, 2.05) is 0 Å². The zero-order chi connectivity index (χ0) is 14.2. The van der Waals surface area contributed by atoms with Crippen LogP contribution in [0.25, 0.3) is 0 Å². The van der Waals surface area contributed by atoms with E-state index >= 15 is 0 Å². The van der Waals surface area contributed by atoms with Gasteiger partial charge < -0.3 is 15.5 Å². The normalized spacial score (nSPS) is 22.9. The van der Waals surface area contributed by atoms with Crippen molar-refractivity contribution in [3.8, 4) is 0 Å². The van der Waals surface area contributed by atoms with Gasteiger partial charge in [-0.15, -0.1) is 0 Å². The highest BCUT2D eigenvalue weighted by molar-refractivity contribution is 5.75. The zero-order valence-electron chi connectivity index (χ0n) is 13.0. The Morgan fingerprint density at radius 1 is 1.20 bits per heavy atom. The van der Waals surface area contributed by atoms with Crippen LogP contribution in [0.3, 0.4) is 0 Å². The van der Waals surface area contributed by atoms with Gasteiger partial charge in [-0.2, -0.15) is 0 Å². The zero-order valence-corrected chi connectivity index (χ0v) is 13.0. The van der Waals surface area contributed by atoms with Gasteiger partial charge in [0, 0.05) is 19.5 Å². The molecule has 0 bridgehead atoms. The van der Waals surface area contributed by atoms with E-state index in [0.717, 1.165) is 44.4 Å². The van der Waals surface area contributed by atoms with Gasteiger partial charge in [-0.25, -0.2) is 0 Å². The summed E-state index contributed by atoms with van der Waals surface area (Å²) in [5, 5.41) is 6.45. The minimum absolute atomic E-state index is 0.244. The van der Waals surface area contributed by atoms with Crippen molar-refractivity contribution in [3.63, 3.8) is 0 Å². The van der Waals surface area contributed by atoms with Crippen molar-refractivity contribution in [2.45, 2.75) is 45.4 Å². The molecule has 0 saturated carbocycles. The molecule has 0 aliphatic carbocycles. The summed E-state index contributed by atoms with van der Waals surface area (Å²) in [5.41, 5.74) is 0. The van der Waals surface area contributed by atoms with Crippen LogP contribution in [0.15, 0.2) is 0 Å². The first-order valence-electron chi connectivity index (χ1n) is 8.44. The Morgan fingerprint density at radius 3 is 2.60 bits per heavy atom. The van der Waals surface area contributed by atoms with E-state index < -0.39 is 0 Å². The minimum Gasteiger partial charge on any atom is -0.355 e. The molecule has 4 heteroatoms. The lowest BCUT2D eigenvalue weighted by Crippen LogP contribution is -2.39. The molecule has 0 aromatic heterocycles. The Kier molecular flexibility index (Phi) is 6.80. The van der Waals surface area contributed by atoms with Crippen molar-refractivity contribution >= 4 is 5.91 Å². The van der Waals surface area contributed by atoms with Crippen LogP contribution in [0.1, 0.15) is 45.4 Å². The van der Waals surface area contributed by atoms with E-state index in [1.165, 1.54) is 38.8 Å². The van der Waals surface area contributed by atoms with Crippen LogP contribution >= 0.6 is 0 Å². The van der Waals surface area contributed by atoms with Crippen molar-refractivity contribution in [2.24, 2.45) is 11.8 Å². The molecule has 0 spiro atoms. The molecular formula is C16H31N3O. The van der Waals surface area contributed by atoms with Gasteiger partial charge in [0.05, 0.1) is 0 Å². The standard InChI is InChI=1S/C16H31N3O/c1-14-6-11-19(12-7-14)13-10-18-16(20)3-2-15-4-8-17-9-5-15/h14-15,17H,2-13H2,1H3,(H,18,20). The molecule has 0 radical (unpaired) electrons. The van der Waals surface area contributed by atoms with Crippen LogP contribution in [0, 0.1) is 11.8 Å². The number of nitrogens with one attached hydrogen (secondary N) is 2. The lowest BCUT2D eigenvalue weighted by atomic mass is 9.93. The average Bonchev–Trinajstić information content (AvgIpc) is 2.48. The SMILES string of the molecule is CC1CCN(CCNC(=O)CCC2CCNCC2)CC1. The van der Waals surface area contributed by atoms with Crippen LogP contribution in [0.5, 0.6) is 0 Å². The molecule has 2 aliphatic heterocycles. The number of hydrogen-bond acceptors (Lipinski definition) is 3. The van der Waals surface area contributed by atoms with Crippen LogP contribution in [0.4, 0.5) is 0 Å². The van der Waals surface area contributed by atoms with Crippen LogP contribution < -0.4 is 10.6 Å². The number of carbonyl (C=O) groups excluding carboxylic acids is 1. The molecule has 2 N–H and O–H groups in total. The molecule has 2 fully saturated rings. The van der Waals surface area contributed by atoms with Gasteiger partial charge in [-0.05, 0) is 70.1 Å². The molecule has 2 saturated heterocycles. The highest BCUT2D eigenvalue weighted by Crippen LogP contribution is 2.17. The van der Waals surface area contributed by atoms with Crippen molar-refractivity contribution in [3.05, 3.63) is 0 Å². The number of piperidine rings is 2. The first-order valence-corrected chi connectivity index (χ1v) is 8.44. The third kappa shape index (κ3) is 5.80. The largest absolute Gasteiger partial charge is 0.355 e. The summed E-state index contributed by atoms with van der Waals surface area (Å²) in [7, 11) is 0. The Hall–Kier alpha value is -0.610. The Balaban J connectivity index is 1.49. The predicted octanol–water partition coefficient (Wildman–Crippen LogP) is 1.61. The quantitative estimate of drug-likeness (QED) is 0.777. The molecule has 0 aromatic rings. The summed E-state index contributed by atoms with van der Waals surface area (Å²) < 4.78 is 0. The smallest absolute Gasteiger partial charge is 0.220 e. The summed E-state index contributed by atoms with van der Waals surface area (Å²) >= 11 is 0. The highest BCUT2D eigenvalue weighted by Gasteiger charge is 2.16. The summed E-state index contributed by atoms with van der Waals surface area (Å²) in [5.74, 6) is 1.88. The maximum absolute atomic E-state index is 11.8. The molecular weight excluding hydrogens is 250 g/mol. The third-order valence-electron chi connectivity index (χ3n) is 4.86. The Labute approximate surface area is 123 Å². The van der Waals surface area contributed by atoms with Crippen molar-refractivity contribution in [1.82, 2.24) is 15.5 Å². The first kappa shape index (κ1) is 15.8. The number of rotatable bonds is 6. The fourth-order valence-electron chi connectivity index (χ4n) is 3.23. The molecule has 2 aliphatic rings. The molecule has 2 rings (SSSR count). The summed E-state index contributed by atoms with van der Waals surface area (Å²) in [6, 6.07) is 0. The summed E-state index contributed by atoms with van der Waals surface area (Å²) in [4.78, 5) is 14.3. The summed E-state index contributed by atoms with van der Waals surface area (Å²) in [6.45, 7) is 8.82. The van der Waals surface area contributed by atoms with Gasteiger partial charge in [-0.3, -0.25) is 4.79 Å². The molecule has 116 valence electrons. The van der Waals surface area contributed by atoms with E-state index in [-0.39, 0.29) is 5.91 Å². The first-order chi connectivity index (χ1) is 9.74. The average molecular weight is 281 g/mol. The number of amides is 1. The fourth-order valence-corrected chi connectivity index (χ4v) is 3.23. The summed E-state index contributed by atoms with van der Waals surface area (Å²) in [6.07, 6.45) is 6.86. The van der Waals surface area contributed by atoms with Gasteiger partial charge in [0.1, 0.15) is 0 Å². The molecule has 0 unspecified atom stereocenters. The minimum atomic E-state index is 0.244. The van der Waals surface area contributed by atoms with E-state index in [4.69, 9.17) is 0 Å². The van der Waals surface area contributed by atoms with E-state index in [0.29, 0.717) is 6.42 Å². The third-order valence-corrected chi connectivity index (χ3v) is 4.86. The molecule has 4 nitrogen and oxygen atoms in total. The van der Waals surface area contributed by atoms with Gasteiger partial charge >= 0.3 is 0 Å².